The van der Waals surface area contributed by atoms with Crippen molar-refractivity contribution in [1.82, 2.24) is 5.32 Å². The van der Waals surface area contributed by atoms with Crippen molar-refractivity contribution in [2.75, 3.05) is 26.4 Å². The first-order chi connectivity index (χ1) is 25.8. The standard InChI is InChI=1S/C43H86NO8P/c1-3-5-7-9-11-13-15-17-18-19-20-21-22-24-25-27-29-31-33-35-42(46)44-37-38-51-53(48,49)52-40-41(45)39-50-43(47)36-34-32-30-28-26-23-16-14-12-10-8-6-4-2/h41,45H,3-40H2,1-2H3,(H,44,46)(H,48,49). The Morgan fingerprint density at radius 3 is 1.23 bits per heavy atom. The van der Waals surface area contributed by atoms with Crippen LogP contribution in [-0.4, -0.2) is 54.3 Å². The summed E-state index contributed by atoms with van der Waals surface area (Å²) in [6.07, 6.45) is 40.3. The molecule has 316 valence electrons. The van der Waals surface area contributed by atoms with Gasteiger partial charge in [0.25, 0.3) is 0 Å². The Morgan fingerprint density at radius 2 is 0.849 bits per heavy atom. The Bertz CT molecular complexity index is 845. The topological polar surface area (TPSA) is 131 Å². The summed E-state index contributed by atoms with van der Waals surface area (Å²) < 4.78 is 26.9. The maximum absolute atomic E-state index is 12.1. The molecule has 0 heterocycles. The summed E-state index contributed by atoms with van der Waals surface area (Å²) >= 11 is 0. The van der Waals surface area contributed by atoms with E-state index in [1.54, 1.807) is 0 Å². The molecule has 2 unspecified atom stereocenters. The maximum Gasteiger partial charge on any atom is 0.472 e. The van der Waals surface area contributed by atoms with E-state index < -0.39 is 26.5 Å². The van der Waals surface area contributed by atoms with Crippen LogP contribution in [0.4, 0.5) is 0 Å². The number of rotatable bonds is 43. The number of phosphoric acid groups is 1. The fourth-order valence-electron chi connectivity index (χ4n) is 6.62. The molecule has 53 heavy (non-hydrogen) atoms. The Balaban J connectivity index is 3.53. The van der Waals surface area contributed by atoms with Crippen LogP contribution >= 0.6 is 7.82 Å². The van der Waals surface area contributed by atoms with Gasteiger partial charge in [-0.25, -0.2) is 4.57 Å². The first kappa shape index (κ1) is 52.0. The zero-order valence-electron chi connectivity index (χ0n) is 34.7. The van der Waals surface area contributed by atoms with Crippen LogP contribution in [0.3, 0.4) is 0 Å². The maximum atomic E-state index is 12.1. The molecule has 0 radical (unpaired) electrons. The van der Waals surface area contributed by atoms with Crippen LogP contribution in [0.2, 0.25) is 0 Å². The molecule has 0 saturated carbocycles. The molecule has 10 heteroatoms. The molecule has 0 aliphatic heterocycles. The normalized spacial score (nSPS) is 13.2. The molecule has 9 nitrogen and oxygen atoms in total. The molecule has 0 spiro atoms. The van der Waals surface area contributed by atoms with E-state index in [0.717, 1.165) is 38.5 Å². The van der Waals surface area contributed by atoms with Crippen molar-refractivity contribution >= 4 is 19.7 Å². The van der Waals surface area contributed by atoms with Gasteiger partial charge in [0.05, 0.1) is 13.2 Å². The van der Waals surface area contributed by atoms with Gasteiger partial charge in [0.1, 0.15) is 12.7 Å². The van der Waals surface area contributed by atoms with E-state index >= 15 is 0 Å². The van der Waals surface area contributed by atoms with E-state index in [2.05, 4.69) is 19.2 Å². The van der Waals surface area contributed by atoms with Crippen molar-refractivity contribution in [2.24, 2.45) is 0 Å². The third-order valence-electron chi connectivity index (χ3n) is 10.0. The van der Waals surface area contributed by atoms with Gasteiger partial charge in [-0.1, -0.05) is 206 Å². The van der Waals surface area contributed by atoms with Gasteiger partial charge in [0.15, 0.2) is 0 Å². The third-order valence-corrected chi connectivity index (χ3v) is 11.0. The summed E-state index contributed by atoms with van der Waals surface area (Å²) in [6.45, 7) is 3.60. The fourth-order valence-corrected chi connectivity index (χ4v) is 7.37. The number of aliphatic hydroxyl groups is 1. The second-order valence-corrected chi connectivity index (χ2v) is 16.8. The average Bonchev–Trinajstić information content (AvgIpc) is 3.14. The van der Waals surface area contributed by atoms with Crippen LogP contribution in [0.15, 0.2) is 0 Å². The predicted octanol–water partition coefficient (Wildman–Crippen LogP) is 12.4. The quantitative estimate of drug-likeness (QED) is 0.0317. The number of hydrogen-bond acceptors (Lipinski definition) is 7. The summed E-state index contributed by atoms with van der Waals surface area (Å²) in [5.74, 6) is -0.503. The van der Waals surface area contributed by atoms with Crippen molar-refractivity contribution in [1.29, 1.82) is 0 Å². The molecule has 3 N–H and O–H groups in total. The zero-order chi connectivity index (χ0) is 38.9. The highest BCUT2D eigenvalue weighted by Crippen LogP contribution is 2.42. The summed E-state index contributed by atoms with van der Waals surface area (Å²) in [4.78, 5) is 33.9. The summed E-state index contributed by atoms with van der Waals surface area (Å²) in [7, 11) is -4.41. The van der Waals surface area contributed by atoms with Crippen LogP contribution in [0, 0.1) is 0 Å². The van der Waals surface area contributed by atoms with Crippen molar-refractivity contribution in [3.8, 4) is 0 Å². The number of unbranched alkanes of at least 4 members (excludes halogenated alkanes) is 30. The minimum Gasteiger partial charge on any atom is -0.463 e. The zero-order valence-corrected chi connectivity index (χ0v) is 35.6. The van der Waals surface area contributed by atoms with E-state index in [4.69, 9.17) is 13.8 Å². The molecular weight excluding hydrogens is 689 g/mol. The number of aliphatic hydroxyl groups excluding tert-OH is 1. The van der Waals surface area contributed by atoms with Crippen LogP contribution in [0.1, 0.15) is 232 Å². The molecule has 0 rings (SSSR count). The minimum absolute atomic E-state index is 0.0885. The van der Waals surface area contributed by atoms with Crippen LogP contribution < -0.4 is 5.32 Å². The van der Waals surface area contributed by atoms with Gasteiger partial charge in [0.2, 0.25) is 5.91 Å². The number of esters is 1. The first-order valence-electron chi connectivity index (χ1n) is 22.5. The highest BCUT2D eigenvalue weighted by molar-refractivity contribution is 7.47. The van der Waals surface area contributed by atoms with E-state index in [0.29, 0.717) is 6.42 Å². The Kier molecular flexibility index (Phi) is 39.9. The number of carbonyl (C=O) groups excluding carboxylic acids is 2. The highest BCUT2D eigenvalue weighted by Gasteiger charge is 2.23. The molecule has 0 bridgehead atoms. The largest absolute Gasteiger partial charge is 0.472 e. The van der Waals surface area contributed by atoms with Gasteiger partial charge in [-0.2, -0.15) is 0 Å². The summed E-state index contributed by atoms with van der Waals surface area (Å²) in [5.41, 5.74) is 0. The number of ether oxygens (including phenoxy) is 1. The molecule has 0 aliphatic rings. The molecule has 1 amide bonds. The van der Waals surface area contributed by atoms with Crippen molar-refractivity contribution in [3.63, 3.8) is 0 Å². The lowest BCUT2D eigenvalue weighted by Crippen LogP contribution is -2.27. The Hall–Kier alpha value is -0.990. The SMILES string of the molecule is CCCCCCCCCCCCCCCCCCCCCC(=O)NCCOP(=O)(O)OCC(O)COC(=O)CCCCCCCCCCCCCCC. The van der Waals surface area contributed by atoms with Crippen molar-refractivity contribution in [3.05, 3.63) is 0 Å². The summed E-state index contributed by atoms with van der Waals surface area (Å²) in [5, 5.41) is 12.7. The minimum atomic E-state index is -4.41. The van der Waals surface area contributed by atoms with E-state index in [1.165, 1.54) is 167 Å². The number of hydrogen-bond donors (Lipinski definition) is 3. The molecule has 0 aliphatic carbocycles. The van der Waals surface area contributed by atoms with Crippen LogP contribution in [0.25, 0.3) is 0 Å². The highest BCUT2D eigenvalue weighted by atomic mass is 31.2. The van der Waals surface area contributed by atoms with E-state index in [-0.39, 0.29) is 32.1 Å². The fraction of sp³-hybridized carbons (Fsp3) is 0.953. The molecule has 0 aromatic heterocycles. The van der Waals surface area contributed by atoms with Gasteiger partial charge in [-0.3, -0.25) is 18.6 Å². The lowest BCUT2D eigenvalue weighted by atomic mass is 10.0. The second-order valence-electron chi connectivity index (χ2n) is 15.4. The average molecular weight is 776 g/mol. The smallest absolute Gasteiger partial charge is 0.463 e. The number of phosphoric ester groups is 1. The van der Waals surface area contributed by atoms with Crippen LogP contribution in [0.5, 0.6) is 0 Å². The molecular formula is C43H86NO8P. The number of nitrogens with one attached hydrogen (secondary N) is 1. The number of carbonyl (C=O) groups is 2. The lowest BCUT2D eigenvalue weighted by Gasteiger charge is -2.15. The van der Waals surface area contributed by atoms with Gasteiger partial charge >= 0.3 is 13.8 Å². The first-order valence-corrected chi connectivity index (χ1v) is 24.0. The Labute approximate surface area is 326 Å². The lowest BCUT2D eigenvalue weighted by molar-refractivity contribution is -0.147. The van der Waals surface area contributed by atoms with Gasteiger partial charge < -0.3 is 20.1 Å². The van der Waals surface area contributed by atoms with E-state index in [1.807, 2.05) is 0 Å². The molecule has 2 atom stereocenters. The van der Waals surface area contributed by atoms with Gasteiger partial charge in [-0.05, 0) is 12.8 Å². The number of amides is 1. The van der Waals surface area contributed by atoms with Crippen molar-refractivity contribution < 1.29 is 37.9 Å². The predicted molar refractivity (Wildman–Crippen MR) is 220 cm³/mol. The molecule has 0 saturated heterocycles. The second kappa shape index (κ2) is 40.7. The third kappa shape index (κ3) is 42.0. The van der Waals surface area contributed by atoms with Crippen molar-refractivity contribution in [2.45, 2.75) is 238 Å². The van der Waals surface area contributed by atoms with Gasteiger partial charge in [-0.15, -0.1) is 0 Å². The Morgan fingerprint density at radius 1 is 0.509 bits per heavy atom. The molecule has 0 fully saturated rings. The monoisotopic (exact) mass is 776 g/mol. The molecule has 0 aromatic carbocycles. The summed E-state index contributed by atoms with van der Waals surface area (Å²) in [6, 6.07) is 0. The van der Waals surface area contributed by atoms with E-state index in [9.17, 15) is 24.2 Å². The van der Waals surface area contributed by atoms with Crippen LogP contribution in [-0.2, 0) is 27.9 Å². The molecule has 0 aromatic rings. The van der Waals surface area contributed by atoms with Gasteiger partial charge in [0, 0.05) is 19.4 Å².